The Hall–Kier alpha value is -3.37. The Morgan fingerprint density at radius 3 is 2.69 bits per heavy atom. The van der Waals surface area contributed by atoms with Crippen LogP contribution in [-0.4, -0.2) is 54.1 Å². The molecule has 0 aliphatic carbocycles. The van der Waals surface area contributed by atoms with Gasteiger partial charge in [-0.15, -0.1) is 0 Å². The molecule has 0 spiro atoms. The van der Waals surface area contributed by atoms with E-state index in [9.17, 15) is 24.5 Å². The summed E-state index contributed by atoms with van der Waals surface area (Å²) in [6.45, 7) is 0.0879. The number of nitrogens with zero attached hydrogens (tertiary/aromatic N) is 3. The zero-order valence-electron chi connectivity index (χ0n) is 17.2. The van der Waals surface area contributed by atoms with Gasteiger partial charge in [0.2, 0.25) is 0 Å². The van der Waals surface area contributed by atoms with Crippen LogP contribution in [0.2, 0.25) is 5.02 Å². The highest BCUT2D eigenvalue weighted by Gasteiger charge is 2.34. The average Bonchev–Trinajstić information content (AvgIpc) is 3.02. The zero-order valence-corrected chi connectivity index (χ0v) is 18.8. The second-order valence-electron chi connectivity index (χ2n) is 7.00. The molecule has 1 fully saturated rings. The summed E-state index contributed by atoms with van der Waals surface area (Å²) in [5.74, 6) is -0.842. The molecule has 0 atom stereocenters. The number of benzene rings is 2. The second kappa shape index (κ2) is 9.84. The fourth-order valence-corrected chi connectivity index (χ4v) is 3.96. The first kappa shape index (κ1) is 23.3. The minimum absolute atomic E-state index is 0.00187. The molecule has 2 aromatic rings. The first-order valence-electron chi connectivity index (χ1n) is 9.42. The van der Waals surface area contributed by atoms with Gasteiger partial charge in [-0.2, -0.15) is 0 Å². The molecule has 2 aromatic carbocycles. The summed E-state index contributed by atoms with van der Waals surface area (Å²) < 4.78 is 0. The summed E-state index contributed by atoms with van der Waals surface area (Å²) in [6.07, 6.45) is 1.40. The Kier molecular flexibility index (Phi) is 7.16. The minimum Gasteiger partial charge on any atom is -0.378 e. The number of hydrogen-bond donors (Lipinski definition) is 1. The SMILES string of the molecule is CN(C)c1cccc(C(=O)NCCN2C(=O)S/C(=C\c3ccc(Cl)c([N+](=O)[O-])c3)C2=O)c1. The summed E-state index contributed by atoms with van der Waals surface area (Å²) in [5.41, 5.74) is 1.42. The van der Waals surface area contributed by atoms with Crippen LogP contribution in [0.15, 0.2) is 47.4 Å². The molecule has 0 aromatic heterocycles. The van der Waals surface area contributed by atoms with E-state index < -0.39 is 16.1 Å². The van der Waals surface area contributed by atoms with Gasteiger partial charge >= 0.3 is 0 Å². The first-order chi connectivity index (χ1) is 15.2. The molecule has 32 heavy (non-hydrogen) atoms. The lowest BCUT2D eigenvalue weighted by molar-refractivity contribution is -0.384. The Bertz CT molecular complexity index is 1130. The molecule has 9 nitrogen and oxygen atoms in total. The predicted octanol–water partition coefficient (Wildman–Crippen LogP) is 3.78. The Balaban J connectivity index is 1.64. The maximum absolute atomic E-state index is 12.6. The Labute approximate surface area is 193 Å². The normalized spacial score (nSPS) is 14.7. The number of nitro groups is 1. The van der Waals surface area contributed by atoms with Crippen molar-refractivity contribution >= 4 is 57.9 Å². The van der Waals surface area contributed by atoms with Gasteiger partial charge in [0.05, 0.1) is 9.83 Å². The number of carbonyl (C=O) groups excluding carboxylic acids is 3. The van der Waals surface area contributed by atoms with Crippen molar-refractivity contribution in [3.05, 3.63) is 73.6 Å². The van der Waals surface area contributed by atoms with Gasteiger partial charge in [0, 0.05) is 44.5 Å². The van der Waals surface area contributed by atoms with E-state index in [1.54, 1.807) is 18.2 Å². The third-order valence-electron chi connectivity index (χ3n) is 4.58. The second-order valence-corrected chi connectivity index (χ2v) is 8.40. The molecule has 1 N–H and O–H groups in total. The minimum atomic E-state index is -0.623. The van der Waals surface area contributed by atoms with E-state index in [0.717, 1.165) is 22.3 Å². The third kappa shape index (κ3) is 5.27. The standard InChI is InChI=1S/C21H19ClN4O5S/c1-24(2)15-5-3-4-14(12-15)19(27)23-8-9-25-20(28)18(32-21(25)29)11-13-6-7-16(22)17(10-13)26(30)31/h3-7,10-12H,8-9H2,1-2H3,(H,23,27)/b18-11-. The van der Waals surface area contributed by atoms with E-state index in [2.05, 4.69) is 5.32 Å². The lowest BCUT2D eigenvalue weighted by Crippen LogP contribution is -2.37. The van der Waals surface area contributed by atoms with Crippen LogP contribution in [0.4, 0.5) is 16.2 Å². The highest BCUT2D eigenvalue weighted by Crippen LogP contribution is 2.33. The molecular formula is C21H19ClN4O5S. The molecule has 3 rings (SSSR count). The fourth-order valence-electron chi connectivity index (χ4n) is 2.91. The lowest BCUT2D eigenvalue weighted by Gasteiger charge is -2.15. The van der Waals surface area contributed by atoms with Crippen molar-refractivity contribution in [2.45, 2.75) is 0 Å². The molecule has 166 valence electrons. The van der Waals surface area contributed by atoms with Crippen molar-refractivity contribution in [3.63, 3.8) is 0 Å². The van der Waals surface area contributed by atoms with Crippen LogP contribution < -0.4 is 10.2 Å². The number of rotatable bonds is 7. The number of anilines is 1. The van der Waals surface area contributed by atoms with Crippen molar-refractivity contribution < 1.29 is 19.3 Å². The summed E-state index contributed by atoms with van der Waals surface area (Å²) in [4.78, 5) is 50.7. The first-order valence-corrected chi connectivity index (χ1v) is 10.6. The summed E-state index contributed by atoms with van der Waals surface area (Å²) >= 11 is 6.53. The van der Waals surface area contributed by atoms with Crippen molar-refractivity contribution in [3.8, 4) is 0 Å². The number of nitrogens with one attached hydrogen (secondary N) is 1. The molecule has 1 aliphatic rings. The largest absolute Gasteiger partial charge is 0.378 e. The van der Waals surface area contributed by atoms with E-state index in [0.29, 0.717) is 11.1 Å². The number of thioether (sulfide) groups is 1. The number of amides is 3. The van der Waals surface area contributed by atoms with Gasteiger partial charge in [0.25, 0.3) is 22.7 Å². The molecule has 1 heterocycles. The molecule has 0 bridgehead atoms. The monoisotopic (exact) mass is 474 g/mol. The molecule has 0 saturated carbocycles. The molecule has 1 aliphatic heterocycles. The smallest absolute Gasteiger partial charge is 0.293 e. The van der Waals surface area contributed by atoms with E-state index in [1.807, 2.05) is 25.1 Å². The van der Waals surface area contributed by atoms with Crippen LogP contribution in [0.5, 0.6) is 0 Å². The van der Waals surface area contributed by atoms with Gasteiger partial charge in [0.15, 0.2) is 0 Å². The zero-order chi connectivity index (χ0) is 23.4. The maximum atomic E-state index is 12.6. The van der Waals surface area contributed by atoms with Crippen LogP contribution in [-0.2, 0) is 4.79 Å². The molecule has 0 radical (unpaired) electrons. The molecule has 1 saturated heterocycles. The van der Waals surface area contributed by atoms with Crippen molar-refractivity contribution in [1.82, 2.24) is 10.2 Å². The number of carbonyl (C=O) groups is 3. The van der Waals surface area contributed by atoms with Crippen molar-refractivity contribution in [2.75, 3.05) is 32.1 Å². The highest BCUT2D eigenvalue weighted by atomic mass is 35.5. The van der Waals surface area contributed by atoms with Gasteiger partial charge in [0.1, 0.15) is 5.02 Å². The van der Waals surface area contributed by atoms with Crippen LogP contribution in [0.25, 0.3) is 6.08 Å². The van der Waals surface area contributed by atoms with Gasteiger partial charge in [-0.05, 0) is 47.7 Å². The maximum Gasteiger partial charge on any atom is 0.293 e. The summed E-state index contributed by atoms with van der Waals surface area (Å²) in [7, 11) is 3.74. The topological polar surface area (TPSA) is 113 Å². The van der Waals surface area contributed by atoms with E-state index in [-0.39, 0.29) is 34.6 Å². The molecule has 3 amide bonds. The van der Waals surface area contributed by atoms with Gasteiger partial charge < -0.3 is 10.2 Å². The number of halogens is 1. The fraction of sp³-hybridized carbons (Fsp3) is 0.190. The van der Waals surface area contributed by atoms with E-state index in [4.69, 9.17) is 11.6 Å². The molecule has 0 unspecified atom stereocenters. The predicted molar refractivity (Wildman–Crippen MR) is 124 cm³/mol. The van der Waals surface area contributed by atoms with Crippen LogP contribution in [0.3, 0.4) is 0 Å². The number of imide groups is 1. The Morgan fingerprint density at radius 1 is 1.25 bits per heavy atom. The van der Waals surface area contributed by atoms with Crippen LogP contribution in [0, 0.1) is 10.1 Å². The lowest BCUT2D eigenvalue weighted by atomic mass is 10.2. The molecular weight excluding hydrogens is 456 g/mol. The molecule has 11 heteroatoms. The van der Waals surface area contributed by atoms with Gasteiger partial charge in [-0.1, -0.05) is 23.7 Å². The van der Waals surface area contributed by atoms with Gasteiger partial charge in [-0.3, -0.25) is 29.4 Å². The number of hydrogen-bond acceptors (Lipinski definition) is 7. The summed E-state index contributed by atoms with van der Waals surface area (Å²) in [5, 5.41) is 13.2. The summed E-state index contributed by atoms with van der Waals surface area (Å²) in [6, 6.07) is 11.2. The quantitative estimate of drug-likeness (QED) is 0.369. The van der Waals surface area contributed by atoms with E-state index in [1.165, 1.54) is 24.3 Å². The van der Waals surface area contributed by atoms with Gasteiger partial charge in [-0.25, -0.2) is 0 Å². The van der Waals surface area contributed by atoms with Crippen molar-refractivity contribution in [1.29, 1.82) is 0 Å². The number of nitro benzene ring substituents is 1. The van der Waals surface area contributed by atoms with Crippen LogP contribution >= 0.6 is 23.4 Å². The highest BCUT2D eigenvalue weighted by molar-refractivity contribution is 8.18. The Morgan fingerprint density at radius 2 is 2.00 bits per heavy atom. The van der Waals surface area contributed by atoms with Crippen molar-refractivity contribution in [2.24, 2.45) is 0 Å². The van der Waals surface area contributed by atoms with Crippen LogP contribution in [0.1, 0.15) is 15.9 Å². The third-order valence-corrected chi connectivity index (χ3v) is 5.81. The average molecular weight is 475 g/mol. The van der Waals surface area contributed by atoms with E-state index >= 15 is 0 Å².